The molecule has 1 saturated heterocycles. The molecule has 2 fully saturated rings. The van der Waals surface area contributed by atoms with Crippen LogP contribution in [-0.2, 0) is 4.57 Å². The predicted octanol–water partition coefficient (Wildman–Crippen LogP) is 1.98. The zero-order valence-corrected chi connectivity index (χ0v) is 13.7. The highest BCUT2D eigenvalue weighted by Crippen LogP contribution is 2.41. The monoisotopic (exact) mass is 324 g/mol. The number of benzene rings is 1. The van der Waals surface area contributed by atoms with Crippen LogP contribution < -0.4 is 5.32 Å². The maximum absolute atomic E-state index is 11.0. The van der Waals surface area contributed by atoms with E-state index in [1.54, 1.807) is 0 Å². The molecule has 0 aromatic heterocycles. The topological polar surface area (TPSA) is 72.8 Å². The van der Waals surface area contributed by atoms with E-state index in [9.17, 15) is 4.57 Å². The van der Waals surface area contributed by atoms with Crippen LogP contribution in [0.3, 0.4) is 0 Å². The van der Waals surface area contributed by atoms with Crippen LogP contribution in [0.4, 0.5) is 0 Å². The normalized spacial score (nSPS) is 27.0. The summed E-state index contributed by atoms with van der Waals surface area (Å²) in [7, 11) is -3.91. The summed E-state index contributed by atoms with van der Waals surface area (Å²) in [5.74, 6) is 1.29. The Balaban J connectivity index is 1.36. The number of hydrogen-bond acceptors (Lipinski definition) is 3. The minimum absolute atomic E-state index is 0.0914. The zero-order chi connectivity index (χ0) is 15.6. The Morgan fingerprint density at radius 1 is 1.18 bits per heavy atom. The molecule has 1 aliphatic heterocycles. The minimum atomic E-state index is -3.91. The Morgan fingerprint density at radius 3 is 2.50 bits per heavy atom. The van der Waals surface area contributed by atoms with Crippen molar-refractivity contribution in [2.75, 3.05) is 25.9 Å². The van der Waals surface area contributed by atoms with E-state index < -0.39 is 7.60 Å². The number of piperidine rings is 1. The van der Waals surface area contributed by atoms with Gasteiger partial charge in [0, 0.05) is 12.0 Å². The average Bonchev–Trinajstić information content (AvgIpc) is 3.26. The summed E-state index contributed by atoms with van der Waals surface area (Å²) in [4.78, 5) is 19.9. The van der Waals surface area contributed by atoms with E-state index in [-0.39, 0.29) is 6.29 Å². The number of nitrogens with zero attached hydrogens (tertiary/aromatic N) is 1. The van der Waals surface area contributed by atoms with Gasteiger partial charge in [-0.2, -0.15) is 0 Å². The van der Waals surface area contributed by atoms with Crippen molar-refractivity contribution in [2.45, 2.75) is 31.2 Å². The van der Waals surface area contributed by atoms with Crippen LogP contribution in [-0.4, -0.2) is 46.6 Å². The Bertz CT molecular complexity index is 525. The van der Waals surface area contributed by atoms with Crippen molar-refractivity contribution >= 4 is 7.60 Å². The largest absolute Gasteiger partial charge is 0.339 e. The van der Waals surface area contributed by atoms with Crippen molar-refractivity contribution < 1.29 is 14.4 Å². The molecule has 1 aromatic rings. The average molecular weight is 324 g/mol. The Morgan fingerprint density at radius 2 is 1.86 bits per heavy atom. The summed E-state index contributed by atoms with van der Waals surface area (Å²) in [5.41, 5.74) is 1.43. The predicted molar refractivity (Wildman–Crippen MR) is 86.8 cm³/mol. The molecule has 0 amide bonds. The van der Waals surface area contributed by atoms with Crippen LogP contribution in [0.2, 0.25) is 0 Å². The van der Waals surface area contributed by atoms with Crippen LogP contribution >= 0.6 is 7.60 Å². The molecule has 2 aliphatic rings. The summed E-state index contributed by atoms with van der Waals surface area (Å²) < 4.78 is 11.0. The molecular formula is C16H25N2O3P. The quantitative estimate of drug-likeness (QED) is 0.698. The SMILES string of the molecule is O=P(O)(O)CN1CCC(CN[C@@H]2C[C@H]2c2ccccc2)CC1. The van der Waals surface area contributed by atoms with E-state index in [1.165, 1.54) is 12.0 Å². The molecule has 1 heterocycles. The van der Waals surface area contributed by atoms with Crippen LogP contribution in [0, 0.1) is 5.92 Å². The third-order valence-corrected chi connectivity index (χ3v) is 5.55. The van der Waals surface area contributed by atoms with Gasteiger partial charge in [-0.1, -0.05) is 30.3 Å². The summed E-state index contributed by atoms with van der Waals surface area (Å²) in [6.45, 7) is 2.62. The summed E-state index contributed by atoms with van der Waals surface area (Å²) in [6.07, 6.45) is 3.18. The van der Waals surface area contributed by atoms with Gasteiger partial charge in [-0.05, 0) is 50.4 Å². The fourth-order valence-electron chi connectivity index (χ4n) is 3.40. The molecule has 2 atom stereocenters. The lowest BCUT2D eigenvalue weighted by molar-refractivity contribution is 0.193. The van der Waals surface area contributed by atoms with Gasteiger partial charge in [0.1, 0.15) is 6.29 Å². The zero-order valence-electron chi connectivity index (χ0n) is 12.8. The molecule has 1 aliphatic carbocycles. The highest BCUT2D eigenvalue weighted by atomic mass is 31.2. The summed E-state index contributed by atoms with van der Waals surface area (Å²) in [5, 5.41) is 3.67. The van der Waals surface area contributed by atoms with E-state index in [0.717, 1.165) is 32.5 Å². The maximum Gasteiger partial charge on any atom is 0.339 e. The lowest BCUT2D eigenvalue weighted by Crippen LogP contribution is -2.38. The summed E-state index contributed by atoms with van der Waals surface area (Å²) >= 11 is 0. The van der Waals surface area contributed by atoms with Crippen LogP contribution in [0.25, 0.3) is 0 Å². The smallest absolute Gasteiger partial charge is 0.324 e. The van der Waals surface area contributed by atoms with Gasteiger partial charge in [0.05, 0.1) is 0 Å². The molecule has 6 heteroatoms. The second-order valence-corrected chi connectivity index (χ2v) is 8.25. The van der Waals surface area contributed by atoms with Gasteiger partial charge in [-0.15, -0.1) is 0 Å². The van der Waals surface area contributed by atoms with Gasteiger partial charge < -0.3 is 15.1 Å². The molecule has 0 unspecified atom stereocenters. The van der Waals surface area contributed by atoms with Crippen LogP contribution in [0.1, 0.15) is 30.7 Å². The molecule has 1 aromatic carbocycles. The molecule has 5 nitrogen and oxygen atoms in total. The molecule has 0 spiro atoms. The molecule has 3 rings (SSSR count). The van der Waals surface area contributed by atoms with E-state index in [2.05, 4.69) is 35.6 Å². The van der Waals surface area contributed by atoms with E-state index in [1.807, 2.05) is 4.90 Å². The van der Waals surface area contributed by atoms with Gasteiger partial charge in [-0.3, -0.25) is 9.46 Å². The van der Waals surface area contributed by atoms with Crippen LogP contribution in [0.15, 0.2) is 30.3 Å². The molecule has 0 bridgehead atoms. The highest BCUT2D eigenvalue weighted by Gasteiger charge is 2.38. The van der Waals surface area contributed by atoms with E-state index >= 15 is 0 Å². The van der Waals surface area contributed by atoms with Crippen molar-refractivity contribution in [1.29, 1.82) is 0 Å². The third kappa shape index (κ3) is 4.64. The first-order valence-corrected chi connectivity index (χ1v) is 9.86. The number of hydrogen-bond donors (Lipinski definition) is 3. The number of nitrogens with one attached hydrogen (secondary N) is 1. The molecule has 122 valence electrons. The van der Waals surface area contributed by atoms with Crippen LogP contribution in [0.5, 0.6) is 0 Å². The van der Waals surface area contributed by atoms with Crippen molar-refractivity contribution in [3.05, 3.63) is 35.9 Å². The first-order chi connectivity index (χ1) is 10.5. The van der Waals surface area contributed by atoms with E-state index in [0.29, 0.717) is 17.9 Å². The van der Waals surface area contributed by atoms with Gasteiger partial charge in [-0.25, -0.2) is 0 Å². The van der Waals surface area contributed by atoms with Crippen molar-refractivity contribution in [2.24, 2.45) is 5.92 Å². The number of rotatable bonds is 6. The van der Waals surface area contributed by atoms with Crippen molar-refractivity contribution in [3.63, 3.8) is 0 Å². The fraction of sp³-hybridized carbons (Fsp3) is 0.625. The molecule has 22 heavy (non-hydrogen) atoms. The standard InChI is InChI=1S/C16H25N2O3P/c19-22(20,21)12-18-8-6-13(7-9-18)11-17-16-10-15(16)14-4-2-1-3-5-14/h1-5,13,15-17H,6-12H2,(H2,19,20,21)/t15-,16+/m0/s1. The second kappa shape index (κ2) is 6.81. The maximum atomic E-state index is 11.0. The van der Waals surface area contributed by atoms with Crippen molar-refractivity contribution in [1.82, 2.24) is 10.2 Å². The van der Waals surface area contributed by atoms with Gasteiger partial charge >= 0.3 is 7.60 Å². The molecular weight excluding hydrogens is 299 g/mol. The minimum Gasteiger partial charge on any atom is -0.324 e. The number of likely N-dealkylation sites (tertiary alicyclic amines) is 1. The lowest BCUT2D eigenvalue weighted by Gasteiger charge is -2.32. The highest BCUT2D eigenvalue weighted by molar-refractivity contribution is 7.51. The van der Waals surface area contributed by atoms with Gasteiger partial charge in [0.15, 0.2) is 0 Å². The third-order valence-electron chi connectivity index (χ3n) is 4.78. The lowest BCUT2D eigenvalue weighted by atomic mass is 9.97. The molecule has 0 radical (unpaired) electrons. The second-order valence-electron chi connectivity index (χ2n) is 6.64. The fourth-order valence-corrected chi connectivity index (χ4v) is 4.20. The first-order valence-electron chi connectivity index (χ1n) is 8.06. The van der Waals surface area contributed by atoms with Crippen molar-refractivity contribution in [3.8, 4) is 0 Å². The Kier molecular flexibility index (Phi) is 5.00. The Hall–Kier alpha value is -0.710. The van der Waals surface area contributed by atoms with Gasteiger partial charge in [0.2, 0.25) is 0 Å². The van der Waals surface area contributed by atoms with Gasteiger partial charge in [0.25, 0.3) is 0 Å². The molecule has 1 saturated carbocycles. The first kappa shape index (κ1) is 16.2. The Labute approximate surface area is 131 Å². The molecule has 3 N–H and O–H groups in total. The van der Waals surface area contributed by atoms with E-state index in [4.69, 9.17) is 9.79 Å². The summed E-state index contributed by atoms with van der Waals surface area (Å²) in [6, 6.07) is 11.3.